The number of benzene rings is 2. The molecule has 1 N–H and O–H groups in total. The number of anilines is 1. The van der Waals surface area contributed by atoms with Gasteiger partial charge in [0.25, 0.3) is 11.6 Å². The first kappa shape index (κ1) is 28.3. The van der Waals surface area contributed by atoms with Crippen LogP contribution in [0.3, 0.4) is 0 Å². The Labute approximate surface area is 216 Å². The van der Waals surface area contributed by atoms with Crippen molar-refractivity contribution in [1.82, 2.24) is 9.88 Å². The number of ether oxygens (including phenoxy) is 1. The molecule has 1 heterocycles. The van der Waals surface area contributed by atoms with Crippen LogP contribution >= 0.6 is 23.4 Å². The number of halogens is 1. The highest BCUT2D eigenvalue weighted by atomic mass is 35.5. The third-order valence-electron chi connectivity index (χ3n) is 4.37. The van der Waals surface area contributed by atoms with Crippen LogP contribution < -0.4 is 5.32 Å². The molecule has 0 saturated heterocycles. The summed E-state index contributed by atoms with van der Waals surface area (Å²) in [5.74, 6) is -1.39. The number of aromatic nitrogens is 1. The molecule has 0 aliphatic heterocycles. The van der Waals surface area contributed by atoms with E-state index >= 15 is 0 Å². The van der Waals surface area contributed by atoms with Crippen LogP contribution in [0.5, 0.6) is 0 Å². The van der Waals surface area contributed by atoms with Gasteiger partial charge >= 0.3 is 5.97 Å². The van der Waals surface area contributed by atoms with Crippen molar-refractivity contribution in [3.8, 4) is 0 Å². The van der Waals surface area contributed by atoms with E-state index in [1.54, 1.807) is 69.0 Å². The lowest BCUT2D eigenvalue weighted by atomic mass is 10.1. The fraction of sp³-hybridized carbons (Fsp3) is 0.167. The Hall–Kier alpha value is -3.96. The average Bonchev–Trinajstić information content (AvgIpc) is 2.88. The summed E-state index contributed by atoms with van der Waals surface area (Å²) in [5.41, 5.74) is 0.453. The van der Waals surface area contributed by atoms with E-state index in [1.165, 1.54) is 28.8 Å². The summed E-state index contributed by atoms with van der Waals surface area (Å²) in [4.78, 5) is 51.2. The van der Waals surface area contributed by atoms with E-state index in [9.17, 15) is 24.5 Å². The molecule has 1 aromatic heterocycles. The summed E-state index contributed by atoms with van der Waals surface area (Å²) in [6.45, 7) is 0. The Kier molecular flexibility index (Phi) is 10.8. The van der Waals surface area contributed by atoms with E-state index in [2.05, 4.69) is 10.3 Å². The van der Waals surface area contributed by atoms with Crippen molar-refractivity contribution in [3.63, 3.8) is 0 Å². The summed E-state index contributed by atoms with van der Waals surface area (Å²) < 4.78 is 5.54. The second kappa shape index (κ2) is 13.8. The second-order valence-electron chi connectivity index (χ2n) is 7.24. The number of rotatable bonds is 8. The van der Waals surface area contributed by atoms with Crippen LogP contribution in [0.15, 0.2) is 71.9 Å². The number of nitro benzene ring substituents is 1. The Bertz CT molecular complexity index is 1230. The minimum atomic E-state index is -1.29. The van der Waals surface area contributed by atoms with E-state index in [0.717, 1.165) is 12.5 Å². The van der Waals surface area contributed by atoms with Gasteiger partial charge in [0.15, 0.2) is 0 Å². The number of amides is 2. The zero-order valence-electron chi connectivity index (χ0n) is 19.6. The van der Waals surface area contributed by atoms with Gasteiger partial charge < -0.3 is 15.0 Å². The van der Waals surface area contributed by atoms with Gasteiger partial charge in [-0.3, -0.25) is 19.7 Å². The molecule has 3 rings (SSSR count). The molecule has 1 unspecified atom stereocenters. The molecule has 0 aliphatic rings. The zero-order valence-corrected chi connectivity index (χ0v) is 21.2. The molecule has 0 spiro atoms. The van der Waals surface area contributed by atoms with E-state index in [4.69, 9.17) is 16.3 Å². The van der Waals surface area contributed by atoms with Gasteiger partial charge in [0, 0.05) is 37.6 Å². The van der Waals surface area contributed by atoms with Crippen LogP contribution in [0.25, 0.3) is 0 Å². The molecular weight excluding hydrogens is 508 g/mol. The maximum absolute atomic E-state index is 13.0. The van der Waals surface area contributed by atoms with E-state index in [1.807, 2.05) is 0 Å². The smallest absolute Gasteiger partial charge is 0.342 e. The van der Waals surface area contributed by atoms with Crippen molar-refractivity contribution in [1.29, 1.82) is 0 Å². The fourth-order valence-electron chi connectivity index (χ4n) is 2.72. The van der Waals surface area contributed by atoms with Gasteiger partial charge in [-0.1, -0.05) is 41.9 Å². The number of thioether (sulfide) groups is 1. The second-order valence-corrected chi connectivity index (χ2v) is 8.44. The minimum Gasteiger partial charge on any atom is -0.444 e. The Morgan fingerprint density at radius 3 is 2.42 bits per heavy atom. The third-order valence-corrected chi connectivity index (χ3v) is 5.40. The largest absolute Gasteiger partial charge is 0.444 e. The number of carbonyl (C=O) groups is 3. The molecule has 3 aromatic rings. The van der Waals surface area contributed by atoms with Crippen LogP contribution in [-0.4, -0.2) is 53.4 Å². The van der Waals surface area contributed by atoms with E-state index in [-0.39, 0.29) is 22.0 Å². The van der Waals surface area contributed by atoms with Gasteiger partial charge in [0.05, 0.1) is 10.5 Å². The van der Waals surface area contributed by atoms with Gasteiger partial charge in [0.2, 0.25) is 12.5 Å². The molecular formula is C24H23ClN4O6S. The molecule has 0 saturated carbocycles. The molecule has 36 heavy (non-hydrogen) atoms. The molecule has 2 amide bonds. The predicted octanol–water partition coefficient (Wildman–Crippen LogP) is 4.61. The van der Waals surface area contributed by atoms with E-state index < -0.39 is 22.9 Å². The molecule has 0 bridgehead atoms. The summed E-state index contributed by atoms with van der Waals surface area (Å²) in [5, 5.41) is 14.1. The first-order valence-corrected chi connectivity index (χ1v) is 11.9. The number of pyridine rings is 1. The van der Waals surface area contributed by atoms with Crippen LogP contribution in [-0.2, 0) is 14.3 Å². The Morgan fingerprint density at radius 2 is 1.83 bits per heavy atom. The minimum absolute atomic E-state index is 0.0600. The van der Waals surface area contributed by atoms with Crippen molar-refractivity contribution in [3.05, 3.63) is 93.1 Å². The van der Waals surface area contributed by atoms with Crippen LogP contribution in [0.4, 0.5) is 11.4 Å². The van der Waals surface area contributed by atoms with Crippen molar-refractivity contribution in [2.75, 3.05) is 25.7 Å². The zero-order chi connectivity index (χ0) is 26.7. The van der Waals surface area contributed by atoms with Crippen LogP contribution in [0, 0.1) is 10.1 Å². The molecule has 188 valence electrons. The topological polar surface area (TPSA) is 132 Å². The summed E-state index contributed by atoms with van der Waals surface area (Å²) in [7, 11) is 3.38. The number of nitrogens with zero attached hydrogens (tertiary/aromatic N) is 3. The highest BCUT2D eigenvalue weighted by Gasteiger charge is 2.27. The number of nitro groups is 1. The van der Waals surface area contributed by atoms with Crippen LogP contribution in [0.1, 0.15) is 22.0 Å². The van der Waals surface area contributed by atoms with Gasteiger partial charge in [-0.05, 0) is 30.5 Å². The van der Waals surface area contributed by atoms with Gasteiger partial charge in [-0.2, -0.15) is 0 Å². The number of hydrogen-bond acceptors (Lipinski definition) is 8. The van der Waals surface area contributed by atoms with E-state index in [0.29, 0.717) is 10.6 Å². The van der Waals surface area contributed by atoms with Crippen molar-refractivity contribution >= 4 is 53.0 Å². The highest BCUT2D eigenvalue weighted by Crippen LogP contribution is 2.29. The van der Waals surface area contributed by atoms with Crippen molar-refractivity contribution in [2.45, 2.75) is 11.1 Å². The molecule has 0 fully saturated rings. The summed E-state index contributed by atoms with van der Waals surface area (Å²) in [6.07, 6.45) is 2.78. The lowest BCUT2D eigenvalue weighted by Crippen LogP contribution is -2.26. The molecule has 0 aliphatic carbocycles. The summed E-state index contributed by atoms with van der Waals surface area (Å²) in [6, 6.07) is 15.5. The number of carbonyl (C=O) groups excluding carboxylic acids is 3. The van der Waals surface area contributed by atoms with Crippen LogP contribution in [0.2, 0.25) is 5.02 Å². The first-order chi connectivity index (χ1) is 17.2. The quantitative estimate of drug-likeness (QED) is 0.147. The van der Waals surface area contributed by atoms with Crippen molar-refractivity contribution < 1.29 is 24.0 Å². The normalized spacial score (nSPS) is 10.8. The molecule has 1 atom stereocenters. The maximum Gasteiger partial charge on any atom is 0.342 e. The lowest BCUT2D eigenvalue weighted by Gasteiger charge is -2.18. The first-order valence-electron chi connectivity index (χ1n) is 10.3. The standard InChI is InChI=1S/C21H16ClN3O5S.C3H7NO/c1-31-20-15(8-5-11-23-20)21(27)30-18(13-6-3-2-4-7-13)19(26)24-14-9-10-16(22)17(12-14)25(28)29;1-4(2)3-5/h2-12,18H,1H3,(H,24,26);3H,1-2H3. The third kappa shape index (κ3) is 8.07. The van der Waals surface area contributed by atoms with Crippen molar-refractivity contribution in [2.24, 2.45) is 0 Å². The Balaban J connectivity index is 0.000000830. The number of nitrogens with one attached hydrogen (secondary N) is 1. The lowest BCUT2D eigenvalue weighted by molar-refractivity contribution is -0.384. The average molecular weight is 531 g/mol. The SMILES string of the molecule is CN(C)C=O.CSc1ncccc1C(=O)OC(C(=O)Nc1ccc(Cl)c([N+](=O)[O-])c1)c1ccccc1. The number of esters is 1. The summed E-state index contributed by atoms with van der Waals surface area (Å²) >= 11 is 7.09. The fourth-order valence-corrected chi connectivity index (χ4v) is 3.44. The monoisotopic (exact) mass is 530 g/mol. The molecule has 2 aromatic carbocycles. The Morgan fingerprint density at radius 1 is 1.17 bits per heavy atom. The van der Waals surface area contributed by atoms with Gasteiger partial charge in [-0.25, -0.2) is 9.78 Å². The highest BCUT2D eigenvalue weighted by molar-refractivity contribution is 7.98. The van der Waals surface area contributed by atoms with Gasteiger partial charge in [0.1, 0.15) is 10.0 Å². The number of hydrogen-bond donors (Lipinski definition) is 1. The maximum atomic E-state index is 13.0. The molecule has 0 radical (unpaired) electrons. The molecule has 12 heteroatoms. The van der Waals surface area contributed by atoms with Gasteiger partial charge in [-0.15, -0.1) is 11.8 Å². The molecule has 10 nitrogen and oxygen atoms in total. The predicted molar refractivity (Wildman–Crippen MR) is 137 cm³/mol.